The molecular weight excluding hydrogens is 186 g/mol. The maximum Gasteiger partial charge on any atom is 0.159 e. The zero-order valence-corrected chi connectivity index (χ0v) is 9.97. The van der Waals surface area contributed by atoms with Crippen LogP contribution >= 0.6 is 0 Å². The highest BCUT2D eigenvalue weighted by molar-refractivity contribution is 5.98. The van der Waals surface area contributed by atoms with Crippen LogP contribution in [-0.4, -0.2) is 11.3 Å². The Bertz CT molecular complexity index is 333. The quantitative estimate of drug-likeness (QED) is 0.706. The molecule has 0 spiro atoms. The highest BCUT2D eigenvalue weighted by atomic mass is 16.1. The third-order valence-corrected chi connectivity index (χ3v) is 5.25. The third-order valence-electron chi connectivity index (χ3n) is 5.25. The maximum absolute atomic E-state index is 12.4. The molecule has 0 saturated heterocycles. The molecule has 15 heavy (non-hydrogen) atoms. The summed E-state index contributed by atoms with van der Waals surface area (Å²) in [5.41, 5.74) is 5.53. The summed E-state index contributed by atoms with van der Waals surface area (Å²) in [6.45, 7) is 10.2. The number of fused-ring (bicyclic) bond motifs is 2. The van der Waals surface area contributed by atoms with Gasteiger partial charge in [-0.2, -0.15) is 0 Å². The van der Waals surface area contributed by atoms with E-state index in [4.69, 9.17) is 5.73 Å². The minimum atomic E-state index is -0.641. The van der Waals surface area contributed by atoms with Crippen molar-refractivity contribution < 1.29 is 4.79 Å². The van der Waals surface area contributed by atoms with Crippen molar-refractivity contribution in [1.82, 2.24) is 0 Å². The standard InChI is InChI=1S/C13H21NO/c1-5-7-13(14)9-6-8-12(4,10(13)15)11(9,2)3/h5,9H,1,6-8,14H2,2-4H3/t9-,12-,13+/m0/s1. The molecule has 0 aromatic carbocycles. The van der Waals surface area contributed by atoms with Crippen molar-refractivity contribution in [2.75, 3.05) is 0 Å². The van der Waals surface area contributed by atoms with Crippen LogP contribution in [0.15, 0.2) is 12.7 Å². The highest BCUT2D eigenvalue weighted by Crippen LogP contribution is 2.66. The van der Waals surface area contributed by atoms with Gasteiger partial charge in [-0.15, -0.1) is 6.58 Å². The van der Waals surface area contributed by atoms with Gasteiger partial charge in [0.1, 0.15) is 0 Å². The van der Waals surface area contributed by atoms with Crippen LogP contribution in [0.25, 0.3) is 0 Å². The first-order valence-corrected chi connectivity index (χ1v) is 5.75. The zero-order valence-electron chi connectivity index (χ0n) is 9.97. The molecule has 0 aromatic rings. The van der Waals surface area contributed by atoms with Gasteiger partial charge in [0.05, 0.1) is 5.54 Å². The van der Waals surface area contributed by atoms with E-state index >= 15 is 0 Å². The Morgan fingerprint density at radius 1 is 1.53 bits per heavy atom. The Morgan fingerprint density at radius 3 is 2.53 bits per heavy atom. The SMILES string of the molecule is C=CC[C@]1(N)C(=O)[C@]2(C)CC[C@H]1C2(C)C. The van der Waals surface area contributed by atoms with Gasteiger partial charge in [-0.3, -0.25) is 4.79 Å². The predicted molar refractivity (Wildman–Crippen MR) is 61.4 cm³/mol. The molecule has 0 radical (unpaired) electrons. The van der Waals surface area contributed by atoms with Gasteiger partial charge >= 0.3 is 0 Å². The van der Waals surface area contributed by atoms with Gasteiger partial charge in [-0.1, -0.05) is 26.8 Å². The molecule has 2 bridgehead atoms. The average Bonchev–Trinajstić information content (AvgIpc) is 2.42. The normalized spacial score (nSPS) is 47.2. The van der Waals surface area contributed by atoms with Gasteiger partial charge in [-0.05, 0) is 30.6 Å². The largest absolute Gasteiger partial charge is 0.318 e. The van der Waals surface area contributed by atoms with Crippen LogP contribution in [0.2, 0.25) is 0 Å². The first kappa shape index (κ1) is 10.9. The van der Waals surface area contributed by atoms with E-state index in [9.17, 15) is 4.79 Å². The molecule has 2 heteroatoms. The van der Waals surface area contributed by atoms with Crippen molar-refractivity contribution in [3.63, 3.8) is 0 Å². The van der Waals surface area contributed by atoms with Crippen molar-refractivity contribution in [3.8, 4) is 0 Å². The highest BCUT2D eigenvalue weighted by Gasteiger charge is 2.71. The molecule has 2 saturated carbocycles. The van der Waals surface area contributed by atoms with Crippen LogP contribution in [0, 0.1) is 16.7 Å². The number of ketones is 1. The molecule has 2 aliphatic carbocycles. The minimum absolute atomic E-state index is 0.0435. The second kappa shape index (κ2) is 2.73. The first-order valence-electron chi connectivity index (χ1n) is 5.75. The van der Waals surface area contributed by atoms with Gasteiger partial charge in [-0.25, -0.2) is 0 Å². The van der Waals surface area contributed by atoms with Crippen molar-refractivity contribution in [1.29, 1.82) is 0 Å². The Morgan fingerprint density at radius 2 is 2.13 bits per heavy atom. The molecule has 0 amide bonds. The lowest BCUT2D eigenvalue weighted by molar-refractivity contribution is -0.132. The lowest BCUT2D eigenvalue weighted by Gasteiger charge is -2.33. The Kier molecular flexibility index (Phi) is 1.98. The molecule has 0 aliphatic heterocycles. The van der Waals surface area contributed by atoms with E-state index in [2.05, 4.69) is 27.4 Å². The van der Waals surface area contributed by atoms with E-state index in [1.54, 1.807) is 6.08 Å². The number of rotatable bonds is 2. The number of carbonyl (C=O) groups excluding carboxylic acids is 1. The molecule has 2 N–H and O–H groups in total. The fourth-order valence-corrected chi connectivity index (χ4v) is 3.95. The molecule has 2 rings (SSSR count). The van der Waals surface area contributed by atoms with Crippen LogP contribution in [0.1, 0.15) is 40.0 Å². The van der Waals surface area contributed by atoms with Gasteiger partial charge in [0.15, 0.2) is 5.78 Å². The molecule has 2 aliphatic rings. The molecule has 3 atom stereocenters. The van der Waals surface area contributed by atoms with Gasteiger partial charge in [0, 0.05) is 5.41 Å². The fraction of sp³-hybridized carbons (Fsp3) is 0.769. The molecular formula is C13H21NO. The summed E-state index contributed by atoms with van der Waals surface area (Å²) in [4.78, 5) is 12.4. The third kappa shape index (κ3) is 0.963. The predicted octanol–water partition coefficient (Wildman–Crippen LogP) is 2.29. The van der Waals surface area contributed by atoms with E-state index in [0.29, 0.717) is 12.3 Å². The monoisotopic (exact) mass is 207 g/mol. The summed E-state index contributed by atoms with van der Waals surface area (Å²) < 4.78 is 0. The van der Waals surface area contributed by atoms with Crippen LogP contribution in [-0.2, 0) is 4.79 Å². The van der Waals surface area contributed by atoms with Crippen LogP contribution in [0.5, 0.6) is 0 Å². The van der Waals surface area contributed by atoms with Crippen molar-refractivity contribution in [2.24, 2.45) is 22.5 Å². The number of hydrogen-bond acceptors (Lipinski definition) is 2. The molecule has 84 valence electrons. The second-order valence-corrected chi connectivity index (χ2v) is 6.01. The molecule has 2 fully saturated rings. The number of nitrogens with two attached hydrogens (primary N) is 1. The van der Waals surface area contributed by atoms with E-state index in [-0.39, 0.29) is 16.6 Å². The topological polar surface area (TPSA) is 43.1 Å². The van der Waals surface area contributed by atoms with Gasteiger partial charge in [0.25, 0.3) is 0 Å². The Balaban J connectivity index is 2.51. The number of Topliss-reactive ketones (excluding diaryl/α,β-unsaturated/α-hetero) is 1. The lowest BCUT2D eigenvalue weighted by atomic mass is 9.70. The van der Waals surface area contributed by atoms with Gasteiger partial charge in [0.2, 0.25) is 0 Å². The average molecular weight is 207 g/mol. The van der Waals surface area contributed by atoms with Gasteiger partial charge < -0.3 is 5.73 Å². The lowest BCUT2D eigenvalue weighted by Crippen LogP contribution is -2.53. The van der Waals surface area contributed by atoms with E-state index in [1.165, 1.54) is 0 Å². The van der Waals surface area contributed by atoms with Crippen LogP contribution in [0.4, 0.5) is 0 Å². The maximum atomic E-state index is 12.4. The zero-order chi connectivity index (χ0) is 11.5. The number of hydrogen-bond donors (Lipinski definition) is 1. The van der Waals surface area contributed by atoms with Crippen molar-refractivity contribution >= 4 is 5.78 Å². The van der Waals surface area contributed by atoms with Crippen LogP contribution < -0.4 is 5.73 Å². The van der Waals surface area contributed by atoms with E-state index < -0.39 is 5.54 Å². The summed E-state index contributed by atoms with van der Waals surface area (Å²) in [5, 5.41) is 0. The second-order valence-electron chi connectivity index (χ2n) is 6.01. The molecule has 0 aromatic heterocycles. The van der Waals surface area contributed by atoms with Crippen molar-refractivity contribution in [2.45, 2.75) is 45.6 Å². The fourth-order valence-electron chi connectivity index (χ4n) is 3.95. The first-order chi connectivity index (χ1) is 6.80. The Labute approximate surface area is 91.9 Å². The summed E-state index contributed by atoms with van der Waals surface area (Å²) in [6, 6.07) is 0. The van der Waals surface area contributed by atoms with Crippen molar-refractivity contribution in [3.05, 3.63) is 12.7 Å². The van der Waals surface area contributed by atoms with E-state index in [1.807, 2.05) is 0 Å². The summed E-state index contributed by atoms with van der Waals surface area (Å²) >= 11 is 0. The minimum Gasteiger partial charge on any atom is -0.318 e. The summed E-state index contributed by atoms with van der Waals surface area (Å²) in [6.07, 6.45) is 4.49. The molecule has 0 unspecified atom stereocenters. The summed E-state index contributed by atoms with van der Waals surface area (Å²) in [7, 11) is 0. The smallest absolute Gasteiger partial charge is 0.159 e. The summed E-state index contributed by atoms with van der Waals surface area (Å²) in [5.74, 6) is 0.580. The molecule has 2 nitrogen and oxygen atoms in total. The van der Waals surface area contributed by atoms with E-state index in [0.717, 1.165) is 12.8 Å². The Hall–Kier alpha value is -0.630. The van der Waals surface area contributed by atoms with Crippen LogP contribution in [0.3, 0.4) is 0 Å². The molecule has 0 heterocycles. The number of carbonyl (C=O) groups is 1.